The summed E-state index contributed by atoms with van der Waals surface area (Å²) in [5.41, 5.74) is 0. The second-order valence-corrected chi connectivity index (χ2v) is 15.4. The second-order valence-electron chi connectivity index (χ2n) is 7.36. The first kappa shape index (κ1) is 23.6. The summed E-state index contributed by atoms with van der Waals surface area (Å²) >= 11 is 0. The van der Waals surface area contributed by atoms with Gasteiger partial charge in [0.1, 0.15) is 0 Å². The number of rotatable bonds is 9. The quantitative estimate of drug-likeness (QED) is 0.374. The van der Waals surface area contributed by atoms with Crippen LogP contribution in [0, 0.1) is 0 Å². The third-order valence-electron chi connectivity index (χ3n) is 5.19. The standard InChI is InChI=1S/C22H25O6PS2/c1-30(23,24)28-29(18-11-19-31(25,26)27,20-12-5-2-6-13-20,21-14-7-3-8-15-21)22-16-9-4-10-17-22/h2-10,12-17H,11,18-19H2,1H3,(H,25,26,27). The van der Waals surface area contributed by atoms with E-state index in [1.807, 2.05) is 54.6 Å². The summed E-state index contributed by atoms with van der Waals surface area (Å²) in [6, 6.07) is 27.2. The van der Waals surface area contributed by atoms with Crippen molar-refractivity contribution in [3.8, 4) is 0 Å². The van der Waals surface area contributed by atoms with Crippen molar-refractivity contribution in [2.24, 2.45) is 0 Å². The normalized spacial score (nSPS) is 13.9. The summed E-state index contributed by atoms with van der Waals surface area (Å²) in [5.74, 6) is -0.509. The molecule has 166 valence electrons. The fourth-order valence-corrected chi connectivity index (χ4v) is 13.4. The third kappa shape index (κ3) is 4.89. The Bertz CT molecular complexity index is 1130. The fourth-order valence-electron chi connectivity index (χ4n) is 4.08. The molecule has 0 heterocycles. The molecule has 3 rings (SSSR count). The van der Waals surface area contributed by atoms with Crippen LogP contribution in [0.4, 0.5) is 0 Å². The van der Waals surface area contributed by atoms with Gasteiger partial charge in [-0.15, -0.1) is 0 Å². The van der Waals surface area contributed by atoms with Crippen molar-refractivity contribution >= 4 is 43.0 Å². The van der Waals surface area contributed by atoms with Crippen LogP contribution in [0.15, 0.2) is 91.0 Å². The summed E-state index contributed by atoms with van der Waals surface area (Å²) in [6.07, 6.45) is 1.09. The maximum atomic E-state index is 12.8. The van der Waals surface area contributed by atoms with E-state index in [9.17, 15) is 21.4 Å². The summed E-state index contributed by atoms with van der Waals surface area (Å²) in [4.78, 5) is 0. The molecular formula is C22H25O6PS2. The van der Waals surface area contributed by atoms with Gasteiger partial charge in [0.15, 0.2) is 0 Å². The minimum atomic E-state index is -4.25. The van der Waals surface area contributed by atoms with Crippen LogP contribution in [0.3, 0.4) is 0 Å². The maximum absolute atomic E-state index is 12.8. The fraction of sp³-hybridized carbons (Fsp3) is 0.182. The van der Waals surface area contributed by atoms with Crippen LogP contribution in [-0.4, -0.2) is 39.6 Å². The molecule has 0 aliphatic heterocycles. The van der Waals surface area contributed by atoms with E-state index >= 15 is 0 Å². The second kappa shape index (κ2) is 8.81. The van der Waals surface area contributed by atoms with Gasteiger partial charge in [-0.1, -0.05) is 0 Å². The molecule has 0 spiro atoms. The van der Waals surface area contributed by atoms with Gasteiger partial charge in [0.05, 0.1) is 0 Å². The van der Waals surface area contributed by atoms with E-state index in [2.05, 4.69) is 0 Å². The Morgan fingerprint density at radius 3 is 1.35 bits per heavy atom. The van der Waals surface area contributed by atoms with Gasteiger partial charge in [0, 0.05) is 0 Å². The van der Waals surface area contributed by atoms with Crippen LogP contribution in [0.25, 0.3) is 0 Å². The number of hydrogen-bond acceptors (Lipinski definition) is 5. The van der Waals surface area contributed by atoms with Gasteiger partial charge in [0.2, 0.25) is 0 Å². The van der Waals surface area contributed by atoms with Gasteiger partial charge < -0.3 is 0 Å². The molecule has 0 fully saturated rings. The molecule has 0 radical (unpaired) electrons. The average Bonchev–Trinajstić information content (AvgIpc) is 2.73. The third-order valence-corrected chi connectivity index (χ3v) is 13.7. The van der Waals surface area contributed by atoms with Gasteiger partial charge in [-0.3, -0.25) is 0 Å². The first-order valence-electron chi connectivity index (χ1n) is 9.61. The molecule has 0 amide bonds. The van der Waals surface area contributed by atoms with E-state index in [-0.39, 0.29) is 12.6 Å². The van der Waals surface area contributed by atoms with Crippen LogP contribution in [0.1, 0.15) is 6.42 Å². The molecule has 6 nitrogen and oxygen atoms in total. The Morgan fingerprint density at radius 2 is 1.06 bits per heavy atom. The van der Waals surface area contributed by atoms with E-state index in [1.165, 1.54) is 0 Å². The first-order chi connectivity index (χ1) is 14.6. The van der Waals surface area contributed by atoms with E-state index in [0.29, 0.717) is 15.9 Å². The molecule has 0 saturated carbocycles. The molecule has 0 bridgehead atoms. The topological polar surface area (TPSA) is 97.7 Å². The molecule has 3 aromatic carbocycles. The summed E-state index contributed by atoms with van der Waals surface area (Å²) in [6.45, 7) is -4.20. The number of benzene rings is 3. The van der Waals surface area contributed by atoms with Crippen molar-refractivity contribution in [1.29, 1.82) is 0 Å². The van der Waals surface area contributed by atoms with Crippen LogP contribution in [0.2, 0.25) is 0 Å². The van der Waals surface area contributed by atoms with E-state index in [4.69, 9.17) is 3.97 Å². The Kier molecular flexibility index (Phi) is 6.69. The molecule has 9 heteroatoms. The van der Waals surface area contributed by atoms with E-state index in [0.717, 1.165) is 6.26 Å². The predicted molar refractivity (Wildman–Crippen MR) is 127 cm³/mol. The van der Waals surface area contributed by atoms with Crippen LogP contribution in [-0.2, 0) is 24.2 Å². The van der Waals surface area contributed by atoms with Crippen molar-refractivity contribution in [3.05, 3.63) is 91.0 Å². The van der Waals surface area contributed by atoms with Crippen molar-refractivity contribution in [2.75, 3.05) is 18.2 Å². The van der Waals surface area contributed by atoms with Crippen LogP contribution < -0.4 is 15.9 Å². The van der Waals surface area contributed by atoms with Gasteiger partial charge in [-0.05, 0) is 0 Å². The molecular weight excluding hydrogens is 455 g/mol. The van der Waals surface area contributed by atoms with Crippen molar-refractivity contribution in [1.82, 2.24) is 0 Å². The van der Waals surface area contributed by atoms with Crippen molar-refractivity contribution in [2.45, 2.75) is 6.42 Å². The molecule has 3 aromatic rings. The zero-order chi connectivity index (χ0) is 22.6. The Hall–Kier alpha value is -2.09. The molecule has 0 aromatic heterocycles. The van der Waals surface area contributed by atoms with Gasteiger partial charge in [-0.25, -0.2) is 0 Å². The summed E-state index contributed by atoms with van der Waals surface area (Å²) in [5, 5.41) is 1.98. The summed E-state index contributed by atoms with van der Waals surface area (Å²) < 4.78 is 64.2. The zero-order valence-electron chi connectivity index (χ0n) is 17.0. The van der Waals surface area contributed by atoms with Crippen LogP contribution >= 0.6 is 6.83 Å². The Labute approximate surface area is 183 Å². The molecule has 0 unspecified atom stereocenters. The van der Waals surface area contributed by atoms with Gasteiger partial charge in [-0.2, -0.15) is 0 Å². The molecule has 0 atom stereocenters. The van der Waals surface area contributed by atoms with E-state index < -0.39 is 32.8 Å². The SMILES string of the molecule is CS(=O)(=O)OP(CCCS(=O)(=O)O)(c1ccccc1)(c1ccccc1)c1ccccc1. The molecule has 0 saturated heterocycles. The monoisotopic (exact) mass is 480 g/mol. The summed E-state index contributed by atoms with van der Waals surface area (Å²) in [7, 11) is -8.25. The van der Waals surface area contributed by atoms with Crippen molar-refractivity contribution in [3.63, 3.8) is 0 Å². The molecule has 1 N–H and O–H groups in total. The molecule has 31 heavy (non-hydrogen) atoms. The average molecular weight is 481 g/mol. The zero-order valence-corrected chi connectivity index (χ0v) is 19.6. The van der Waals surface area contributed by atoms with Gasteiger partial charge in [0.25, 0.3) is 0 Å². The van der Waals surface area contributed by atoms with Crippen molar-refractivity contribution < 1.29 is 25.4 Å². The van der Waals surface area contributed by atoms with E-state index in [1.54, 1.807) is 36.4 Å². The first-order valence-corrected chi connectivity index (χ1v) is 15.4. The minimum absolute atomic E-state index is 0.00482. The van der Waals surface area contributed by atoms with Gasteiger partial charge >= 0.3 is 184 Å². The molecule has 0 aliphatic carbocycles. The predicted octanol–water partition coefficient (Wildman–Crippen LogP) is 2.69. The Morgan fingerprint density at radius 1 is 0.710 bits per heavy atom. The molecule has 0 aliphatic rings. The number of hydrogen-bond donors (Lipinski definition) is 1. The Balaban J connectivity index is 2.48. The van der Waals surface area contributed by atoms with Crippen LogP contribution in [0.5, 0.6) is 0 Å².